The lowest BCUT2D eigenvalue weighted by Crippen LogP contribution is -2.78. The van der Waals surface area contributed by atoms with Crippen LogP contribution in [-0.4, -0.2) is 46.3 Å². The van der Waals surface area contributed by atoms with Crippen molar-refractivity contribution < 1.29 is 14.6 Å². The van der Waals surface area contributed by atoms with Crippen molar-refractivity contribution in [3.8, 4) is 11.5 Å². The van der Waals surface area contributed by atoms with Gasteiger partial charge in [0.25, 0.3) is 0 Å². The first-order chi connectivity index (χ1) is 16.0. The second-order valence-electron chi connectivity index (χ2n) is 10.3. The number of hydrogen-bond acceptors (Lipinski definition) is 4. The Morgan fingerprint density at radius 3 is 2.97 bits per heavy atom. The molecule has 1 aromatic heterocycles. The van der Waals surface area contributed by atoms with Gasteiger partial charge in [0, 0.05) is 48.6 Å². The molecule has 1 unspecified atom stereocenters. The summed E-state index contributed by atoms with van der Waals surface area (Å²) in [5.41, 5.74) is 4.51. The highest BCUT2D eigenvalue weighted by Crippen LogP contribution is 2.72. The molecular formula is C28H30N2O3. The molecule has 0 saturated carbocycles. The van der Waals surface area contributed by atoms with E-state index in [1.165, 1.54) is 22.1 Å². The fourth-order valence-corrected chi connectivity index (χ4v) is 8.12. The standard InChI is InChI=1S/C28H30N2O3/c1-4-13-30-14-12-27-23-17-10-11-21(31)24(23)33-26(27,3)25-19(18-8-6-7-9-20(18)29-25)16-28(27,32-5-2)22(30)15-17/h4,6-11,22,29,31H,1,5,12-16H2,2-3H3/t22?,26-,27-,28+/m0/s1. The summed E-state index contributed by atoms with van der Waals surface area (Å²) in [6.45, 7) is 10.8. The van der Waals surface area contributed by atoms with E-state index in [1.807, 2.05) is 6.08 Å². The molecule has 2 aromatic carbocycles. The number of nitrogens with zero attached hydrogens (tertiary/aromatic N) is 1. The molecule has 3 aromatic rings. The van der Waals surface area contributed by atoms with Crippen molar-refractivity contribution in [1.82, 2.24) is 9.88 Å². The van der Waals surface area contributed by atoms with Crippen LogP contribution in [0.5, 0.6) is 11.5 Å². The number of aromatic amines is 1. The van der Waals surface area contributed by atoms with Crippen molar-refractivity contribution in [2.75, 3.05) is 19.7 Å². The van der Waals surface area contributed by atoms with Crippen molar-refractivity contribution in [3.63, 3.8) is 0 Å². The van der Waals surface area contributed by atoms with Gasteiger partial charge in [-0.1, -0.05) is 30.3 Å². The van der Waals surface area contributed by atoms with Gasteiger partial charge in [0.1, 0.15) is 5.60 Å². The second-order valence-corrected chi connectivity index (χ2v) is 10.3. The molecule has 7 rings (SSSR count). The zero-order valence-corrected chi connectivity index (χ0v) is 19.3. The second kappa shape index (κ2) is 6.22. The van der Waals surface area contributed by atoms with Crippen molar-refractivity contribution in [2.24, 2.45) is 0 Å². The first-order valence-corrected chi connectivity index (χ1v) is 12.1. The lowest BCUT2D eigenvalue weighted by Gasteiger charge is -2.67. The van der Waals surface area contributed by atoms with Gasteiger partial charge in [-0.25, -0.2) is 0 Å². The Bertz CT molecular complexity index is 1330. The van der Waals surface area contributed by atoms with Crippen LogP contribution in [-0.2, 0) is 28.6 Å². The highest BCUT2D eigenvalue weighted by molar-refractivity contribution is 5.86. The van der Waals surface area contributed by atoms with E-state index in [1.54, 1.807) is 6.07 Å². The average molecular weight is 443 g/mol. The number of piperidine rings is 1. The largest absolute Gasteiger partial charge is 0.504 e. The van der Waals surface area contributed by atoms with E-state index in [9.17, 15) is 5.11 Å². The lowest BCUT2D eigenvalue weighted by molar-refractivity contribution is -0.223. The third-order valence-electron chi connectivity index (χ3n) is 9.15. The van der Waals surface area contributed by atoms with E-state index < -0.39 is 11.2 Å². The molecule has 2 N–H and O–H groups in total. The summed E-state index contributed by atoms with van der Waals surface area (Å²) in [5, 5.41) is 12.2. The minimum Gasteiger partial charge on any atom is -0.504 e. The minimum absolute atomic E-state index is 0.205. The number of benzene rings is 2. The van der Waals surface area contributed by atoms with Crippen molar-refractivity contribution in [1.29, 1.82) is 0 Å². The van der Waals surface area contributed by atoms with Crippen LogP contribution in [0.15, 0.2) is 49.1 Å². The van der Waals surface area contributed by atoms with Gasteiger partial charge in [-0.15, -0.1) is 6.58 Å². The van der Waals surface area contributed by atoms with Crippen LogP contribution in [0.2, 0.25) is 0 Å². The third-order valence-corrected chi connectivity index (χ3v) is 9.15. The maximum absolute atomic E-state index is 11.0. The van der Waals surface area contributed by atoms with Crippen LogP contribution in [0.4, 0.5) is 0 Å². The first-order valence-electron chi connectivity index (χ1n) is 12.1. The number of fused-ring (bicyclic) bond motifs is 4. The Labute approximate surface area is 194 Å². The third kappa shape index (κ3) is 2.00. The number of nitrogens with one attached hydrogen (secondary N) is 1. The van der Waals surface area contributed by atoms with Crippen LogP contribution in [0.1, 0.15) is 42.7 Å². The smallest absolute Gasteiger partial charge is 0.166 e. The Morgan fingerprint density at radius 1 is 1.30 bits per heavy atom. The van der Waals surface area contributed by atoms with Gasteiger partial charge >= 0.3 is 0 Å². The van der Waals surface area contributed by atoms with Crippen molar-refractivity contribution in [3.05, 3.63) is 71.4 Å². The summed E-state index contributed by atoms with van der Waals surface area (Å²) in [6, 6.07) is 12.6. The quantitative estimate of drug-likeness (QED) is 0.582. The molecule has 2 aliphatic heterocycles. The molecule has 3 heterocycles. The molecule has 5 nitrogen and oxygen atoms in total. The summed E-state index contributed by atoms with van der Waals surface area (Å²) < 4.78 is 13.9. The SMILES string of the molecule is C=CCN1CC[C@]23c4c5ccc(O)c4O[C@@]2(C)c2[nH]c4ccccc4c2C[C@@]3(OCC)C1C5. The summed E-state index contributed by atoms with van der Waals surface area (Å²) in [6.07, 6.45) is 4.63. The molecule has 2 aliphatic carbocycles. The molecular weight excluding hydrogens is 412 g/mol. The molecule has 1 saturated heterocycles. The topological polar surface area (TPSA) is 57.7 Å². The van der Waals surface area contributed by atoms with Gasteiger partial charge < -0.3 is 19.6 Å². The Kier molecular flexibility index (Phi) is 3.71. The van der Waals surface area contributed by atoms with E-state index in [4.69, 9.17) is 9.47 Å². The van der Waals surface area contributed by atoms with E-state index >= 15 is 0 Å². The van der Waals surface area contributed by atoms with Gasteiger partial charge in [-0.05, 0) is 49.9 Å². The number of para-hydroxylation sites is 1. The molecule has 170 valence electrons. The number of likely N-dealkylation sites (tertiary alicyclic amines) is 1. The summed E-state index contributed by atoms with van der Waals surface area (Å²) >= 11 is 0. The Hall–Kier alpha value is -2.76. The molecule has 1 fully saturated rings. The van der Waals surface area contributed by atoms with Crippen LogP contribution in [0, 0.1) is 0 Å². The van der Waals surface area contributed by atoms with E-state index in [0.29, 0.717) is 12.4 Å². The number of rotatable bonds is 4. The van der Waals surface area contributed by atoms with Gasteiger partial charge in [-0.3, -0.25) is 4.90 Å². The average Bonchev–Trinajstić information content (AvgIpc) is 3.30. The number of aromatic hydroxyl groups is 1. The molecule has 5 heteroatoms. The molecule has 0 amide bonds. The monoisotopic (exact) mass is 442 g/mol. The van der Waals surface area contributed by atoms with Gasteiger partial charge in [-0.2, -0.15) is 0 Å². The van der Waals surface area contributed by atoms with Gasteiger partial charge in [0.2, 0.25) is 0 Å². The van der Waals surface area contributed by atoms with E-state index in [2.05, 4.69) is 60.6 Å². The number of ether oxygens (including phenoxy) is 2. The number of phenolic OH excluding ortho intramolecular Hbond substituents is 1. The minimum atomic E-state index is -0.663. The van der Waals surface area contributed by atoms with E-state index in [0.717, 1.165) is 43.6 Å². The maximum Gasteiger partial charge on any atom is 0.166 e. The molecule has 4 atom stereocenters. The van der Waals surface area contributed by atoms with Crippen LogP contribution in [0.25, 0.3) is 10.9 Å². The summed E-state index contributed by atoms with van der Waals surface area (Å²) in [7, 11) is 0. The molecule has 0 radical (unpaired) electrons. The van der Waals surface area contributed by atoms with E-state index in [-0.39, 0.29) is 17.2 Å². The summed E-state index contributed by atoms with van der Waals surface area (Å²) in [4.78, 5) is 6.31. The Balaban J connectivity index is 1.62. The molecule has 1 spiro atoms. The van der Waals surface area contributed by atoms with Gasteiger partial charge in [0.05, 0.1) is 11.1 Å². The number of H-pyrrole nitrogens is 1. The predicted octanol–water partition coefficient (Wildman–Crippen LogP) is 4.57. The van der Waals surface area contributed by atoms with Crippen molar-refractivity contribution in [2.45, 2.75) is 55.8 Å². The fourth-order valence-electron chi connectivity index (χ4n) is 8.12. The zero-order valence-electron chi connectivity index (χ0n) is 19.3. The fraction of sp³-hybridized carbons (Fsp3) is 0.429. The first kappa shape index (κ1) is 19.7. The number of phenols is 1. The van der Waals surface area contributed by atoms with Crippen LogP contribution < -0.4 is 4.74 Å². The normalized spacial score (nSPS) is 33.5. The predicted molar refractivity (Wildman–Crippen MR) is 128 cm³/mol. The highest BCUT2D eigenvalue weighted by atomic mass is 16.5. The molecule has 4 aliphatic rings. The van der Waals surface area contributed by atoms with Crippen LogP contribution in [0.3, 0.4) is 0 Å². The lowest BCUT2D eigenvalue weighted by atomic mass is 9.45. The van der Waals surface area contributed by atoms with Gasteiger partial charge in [0.15, 0.2) is 17.1 Å². The molecule has 33 heavy (non-hydrogen) atoms. The zero-order chi connectivity index (χ0) is 22.6. The van der Waals surface area contributed by atoms with Crippen molar-refractivity contribution >= 4 is 10.9 Å². The number of hydrogen-bond donors (Lipinski definition) is 2. The molecule has 2 bridgehead atoms. The van der Waals surface area contributed by atoms with Crippen LogP contribution >= 0.6 is 0 Å². The highest BCUT2D eigenvalue weighted by Gasteiger charge is 2.78. The number of aromatic nitrogens is 1. The Morgan fingerprint density at radius 2 is 2.15 bits per heavy atom. The summed E-state index contributed by atoms with van der Waals surface area (Å²) in [5.74, 6) is 0.884. The maximum atomic E-state index is 11.0.